The van der Waals surface area contributed by atoms with Gasteiger partial charge in [0.15, 0.2) is 0 Å². The molecule has 0 radical (unpaired) electrons. The van der Waals surface area contributed by atoms with Gasteiger partial charge >= 0.3 is 0 Å². The first-order chi connectivity index (χ1) is 10.3. The van der Waals surface area contributed by atoms with Crippen LogP contribution in [-0.4, -0.2) is 6.61 Å². The molecule has 0 bridgehead atoms. The van der Waals surface area contributed by atoms with Crippen molar-refractivity contribution in [3.63, 3.8) is 0 Å². The van der Waals surface area contributed by atoms with E-state index in [4.69, 9.17) is 16.3 Å². The summed E-state index contributed by atoms with van der Waals surface area (Å²) >= 11 is 9.44. The van der Waals surface area contributed by atoms with Gasteiger partial charge in [0.1, 0.15) is 5.75 Å². The summed E-state index contributed by atoms with van der Waals surface area (Å²) in [6.07, 6.45) is 1.000. The number of alkyl halides is 1. The largest absolute Gasteiger partial charge is 0.493 e. The van der Waals surface area contributed by atoms with Crippen molar-refractivity contribution >= 4 is 27.5 Å². The third-order valence-corrected chi connectivity index (χ3v) is 4.38. The first-order valence-electron chi connectivity index (χ1n) is 7.05. The smallest absolute Gasteiger partial charge is 0.127 e. The number of fused-ring (bicyclic) bond motifs is 1. The van der Waals surface area contributed by atoms with Gasteiger partial charge in [-0.2, -0.15) is 0 Å². The summed E-state index contributed by atoms with van der Waals surface area (Å²) in [6.45, 7) is 2.41. The lowest BCUT2D eigenvalue weighted by molar-refractivity contribution is 0.352. The Morgan fingerprint density at radius 1 is 1.14 bits per heavy atom. The van der Waals surface area contributed by atoms with E-state index in [2.05, 4.69) is 51.6 Å². The van der Waals surface area contributed by atoms with Crippen molar-refractivity contribution in [2.45, 2.75) is 25.4 Å². The maximum atomic E-state index is 5.87. The van der Waals surface area contributed by atoms with Crippen LogP contribution in [-0.2, 0) is 25.4 Å². The molecule has 0 unspecified atom stereocenters. The number of rotatable bonds is 5. The Morgan fingerprint density at radius 3 is 2.86 bits per heavy atom. The number of benzene rings is 2. The molecule has 3 rings (SSSR count). The van der Waals surface area contributed by atoms with Gasteiger partial charge in [0.05, 0.1) is 6.61 Å². The summed E-state index contributed by atoms with van der Waals surface area (Å²) in [4.78, 5) is 0. The Bertz CT molecular complexity index is 645. The number of hydrogen-bond donors (Lipinski definition) is 1. The fourth-order valence-corrected chi connectivity index (χ4v) is 3.36. The molecule has 0 fully saturated rings. The van der Waals surface area contributed by atoms with E-state index in [1.807, 2.05) is 6.07 Å². The molecule has 110 valence electrons. The van der Waals surface area contributed by atoms with Crippen LogP contribution < -0.4 is 10.1 Å². The number of ether oxygens (including phenoxy) is 1. The van der Waals surface area contributed by atoms with Gasteiger partial charge in [0, 0.05) is 35.4 Å². The van der Waals surface area contributed by atoms with Crippen molar-refractivity contribution in [2.24, 2.45) is 0 Å². The van der Waals surface area contributed by atoms with Crippen LogP contribution >= 0.6 is 27.5 Å². The minimum atomic E-state index is 0.556. The Kier molecular flexibility index (Phi) is 4.84. The summed E-state index contributed by atoms with van der Waals surface area (Å²) in [6, 6.07) is 12.6. The third kappa shape index (κ3) is 3.60. The summed E-state index contributed by atoms with van der Waals surface area (Å²) < 4.78 is 6.86. The van der Waals surface area contributed by atoms with Gasteiger partial charge in [-0.1, -0.05) is 40.2 Å². The van der Waals surface area contributed by atoms with Gasteiger partial charge in [0.25, 0.3) is 0 Å². The zero-order valence-corrected chi connectivity index (χ0v) is 14.0. The lowest BCUT2D eigenvalue weighted by atomic mass is 10.1. The number of hydrogen-bond acceptors (Lipinski definition) is 2. The highest BCUT2D eigenvalue weighted by Gasteiger charge is 2.17. The average molecular weight is 367 g/mol. The van der Waals surface area contributed by atoms with E-state index in [1.54, 1.807) is 0 Å². The molecule has 0 atom stereocenters. The van der Waals surface area contributed by atoms with E-state index in [9.17, 15) is 0 Å². The predicted molar refractivity (Wildman–Crippen MR) is 89.9 cm³/mol. The summed E-state index contributed by atoms with van der Waals surface area (Å²) in [5.74, 6) is 1.61. The van der Waals surface area contributed by atoms with Crippen LogP contribution in [0.25, 0.3) is 0 Å². The topological polar surface area (TPSA) is 21.3 Å². The molecule has 2 nitrogen and oxygen atoms in total. The van der Waals surface area contributed by atoms with E-state index in [1.165, 1.54) is 16.7 Å². The second kappa shape index (κ2) is 6.82. The minimum Gasteiger partial charge on any atom is -0.493 e. The van der Waals surface area contributed by atoms with E-state index in [0.29, 0.717) is 5.88 Å². The zero-order valence-electron chi connectivity index (χ0n) is 11.7. The highest BCUT2D eigenvalue weighted by atomic mass is 79.9. The molecule has 2 aromatic carbocycles. The van der Waals surface area contributed by atoms with Crippen LogP contribution in [0.15, 0.2) is 40.9 Å². The standard InChI is InChI=1S/C17H17BrClNO/c18-16-7-14-4-5-21-17(14)15(8-16)11-20-10-13-3-1-2-12(6-13)9-19/h1-3,6-8,20H,4-5,9-11H2. The first-order valence-corrected chi connectivity index (χ1v) is 8.37. The Labute approximate surface area is 138 Å². The molecule has 0 amide bonds. The van der Waals surface area contributed by atoms with Crippen molar-refractivity contribution in [1.29, 1.82) is 0 Å². The maximum absolute atomic E-state index is 5.87. The molecule has 4 heteroatoms. The summed E-state index contributed by atoms with van der Waals surface area (Å²) in [5, 5.41) is 3.48. The third-order valence-electron chi connectivity index (χ3n) is 3.62. The van der Waals surface area contributed by atoms with Gasteiger partial charge < -0.3 is 10.1 Å². The number of nitrogens with one attached hydrogen (secondary N) is 1. The van der Waals surface area contributed by atoms with Crippen molar-refractivity contribution in [3.8, 4) is 5.75 Å². The number of halogens is 2. The van der Waals surface area contributed by atoms with Crippen LogP contribution in [0.3, 0.4) is 0 Å². The van der Waals surface area contributed by atoms with Gasteiger partial charge in [0.2, 0.25) is 0 Å². The fraction of sp³-hybridized carbons (Fsp3) is 0.294. The monoisotopic (exact) mass is 365 g/mol. The highest BCUT2D eigenvalue weighted by Crippen LogP contribution is 2.32. The second-order valence-corrected chi connectivity index (χ2v) is 6.39. The molecule has 1 aliphatic rings. The molecule has 0 saturated carbocycles. The quantitative estimate of drug-likeness (QED) is 0.791. The van der Waals surface area contributed by atoms with Gasteiger partial charge in [-0.15, -0.1) is 11.6 Å². The molecule has 0 spiro atoms. The van der Waals surface area contributed by atoms with Gasteiger partial charge in [-0.3, -0.25) is 0 Å². The molecule has 0 aromatic heterocycles. The maximum Gasteiger partial charge on any atom is 0.127 e. The average Bonchev–Trinajstić information content (AvgIpc) is 2.95. The Hall–Kier alpha value is -1.03. The molecular weight excluding hydrogens is 350 g/mol. The van der Waals surface area contributed by atoms with E-state index in [-0.39, 0.29) is 0 Å². The van der Waals surface area contributed by atoms with Crippen LogP contribution in [0.4, 0.5) is 0 Å². The van der Waals surface area contributed by atoms with Crippen LogP contribution in [0.5, 0.6) is 5.75 Å². The lowest BCUT2D eigenvalue weighted by Crippen LogP contribution is -2.13. The predicted octanol–water partition coefficient (Wildman–Crippen LogP) is 4.41. The normalized spacial score (nSPS) is 13.0. The second-order valence-electron chi connectivity index (χ2n) is 5.21. The first kappa shape index (κ1) is 14.9. The van der Waals surface area contributed by atoms with Crippen LogP contribution in [0.1, 0.15) is 22.3 Å². The Balaban J connectivity index is 1.65. The molecule has 1 aliphatic heterocycles. The van der Waals surface area contributed by atoms with Gasteiger partial charge in [-0.05, 0) is 28.8 Å². The molecular formula is C17H17BrClNO. The highest BCUT2D eigenvalue weighted by molar-refractivity contribution is 9.10. The minimum absolute atomic E-state index is 0.556. The van der Waals surface area contributed by atoms with Crippen molar-refractivity contribution < 1.29 is 4.74 Å². The molecule has 0 saturated heterocycles. The van der Waals surface area contributed by atoms with E-state index >= 15 is 0 Å². The van der Waals surface area contributed by atoms with Gasteiger partial charge in [-0.25, -0.2) is 0 Å². The Morgan fingerprint density at radius 2 is 2.00 bits per heavy atom. The fourth-order valence-electron chi connectivity index (χ4n) is 2.64. The van der Waals surface area contributed by atoms with Crippen LogP contribution in [0.2, 0.25) is 0 Å². The van der Waals surface area contributed by atoms with E-state index in [0.717, 1.165) is 41.9 Å². The molecule has 1 heterocycles. The lowest BCUT2D eigenvalue weighted by Gasteiger charge is -2.11. The molecule has 0 aliphatic carbocycles. The summed E-state index contributed by atoms with van der Waals surface area (Å²) in [7, 11) is 0. The van der Waals surface area contributed by atoms with Crippen LogP contribution in [0, 0.1) is 0 Å². The zero-order chi connectivity index (χ0) is 14.7. The summed E-state index contributed by atoms with van der Waals surface area (Å²) in [5.41, 5.74) is 4.92. The molecule has 2 aromatic rings. The van der Waals surface area contributed by atoms with Crippen molar-refractivity contribution in [1.82, 2.24) is 5.32 Å². The molecule has 1 N–H and O–H groups in total. The van der Waals surface area contributed by atoms with Crippen molar-refractivity contribution in [2.75, 3.05) is 6.61 Å². The molecule has 21 heavy (non-hydrogen) atoms. The SMILES string of the molecule is ClCc1cccc(CNCc2cc(Br)cc3c2OCC3)c1. The van der Waals surface area contributed by atoms with Crippen molar-refractivity contribution in [3.05, 3.63) is 63.1 Å². The van der Waals surface area contributed by atoms with E-state index < -0.39 is 0 Å².